The highest BCUT2D eigenvalue weighted by Crippen LogP contribution is 2.25. The number of nitrogens with zero attached hydrogens (tertiary/aromatic N) is 1. The number of hydrogen-bond donors (Lipinski definition) is 0. The number of aliphatic carboxylic acids is 1. The molecule has 1 aromatic rings. The normalized spacial score (nSPS) is 14.5. The first-order valence-electron chi connectivity index (χ1n) is 4.94. The number of para-hydroxylation sites is 1. The van der Waals surface area contributed by atoms with Gasteiger partial charge in [0.05, 0.1) is 18.2 Å². The van der Waals surface area contributed by atoms with Gasteiger partial charge in [0.2, 0.25) is 5.91 Å². The highest BCUT2D eigenvalue weighted by molar-refractivity contribution is 6.01. The molecule has 16 heavy (non-hydrogen) atoms. The molecule has 0 saturated heterocycles. The Morgan fingerprint density at radius 3 is 2.88 bits per heavy atom. The molecule has 1 aliphatic rings. The number of rotatable bonds is 2. The van der Waals surface area contributed by atoms with Gasteiger partial charge in [0.1, 0.15) is 0 Å². The van der Waals surface area contributed by atoms with Crippen molar-refractivity contribution >= 4 is 23.6 Å². The number of carboxylic acid groups (broad SMARTS) is 1. The van der Waals surface area contributed by atoms with E-state index in [2.05, 4.69) is 0 Å². The third-order valence-electron chi connectivity index (χ3n) is 2.41. The van der Waals surface area contributed by atoms with Crippen LogP contribution in [-0.2, 0) is 9.59 Å². The van der Waals surface area contributed by atoms with Gasteiger partial charge in [0.25, 0.3) is 0 Å². The molecule has 1 aliphatic heterocycles. The fourth-order valence-electron chi connectivity index (χ4n) is 1.71. The number of fused-ring (bicyclic) bond motifs is 1. The summed E-state index contributed by atoms with van der Waals surface area (Å²) in [7, 11) is 0. The quantitative estimate of drug-likeness (QED) is 0.708. The molecule has 1 aromatic carbocycles. The molecule has 0 aliphatic carbocycles. The maximum atomic E-state index is 11.7. The Hall–Kier alpha value is -2.10. The van der Waals surface area contributed by atoms with E-state index < -0.39 is 12.5 Å². The van der Waals surface area contributed by atoms with Crippen LogP contribution in [0.3, 0.4) is 0 Å². The standard InChI is InChI=1S/C12H11NO3/c14-11-7-3-5-9-4-1-2-6-10(9)13(11)8-12(15)16/h1-6H,7-8H2,(H,15,16)/p-1. The van der Waals surface area contributed by atoms with E-state index in [9.17, 15) is 14.7 Å². The maximum absolute atomic E-state index is 11.7. The summed E-state index contributed by atoms with van der Waals surface area (Å²) in [5.41, 5.74) is 1.46. The number of amides is 1. The lowest BCUT2D eigenvalue weighted by atomic mass is 10.1. The number of hydrogen-bond acceptors (Lipinski definition) is 3. The van der Waals surface area contributed by atoms with Crippen molar-refractivity contribution in [1.29, 1.82) is 0 Å². The predicted molar refractivity (Wildman–Crippen MR) is 57.5 cm³/mol. The van der Waals surface area contributed by atoms with Crippen LogP contribution in [0.5, 0.6) is 0 Å². The summed E-state index contributed by atoms with van der Waals surface area (Å²) < 4.78 is 0. The van der Waals surface area contributed by atoms with Gasteiger partial charge < -0.3 is 14.8 Å². The summed E-state index contributed by atoms with van der Waals surface area (Å²) in [5, 5.41) is 10.6. The molecule has 0 aromatic heterocycles. The first kappa shape index (κ1) is 10.4. The van der Waals surface area contributed by atoms with Crippen LogP contribution in [0.15, 0.2) is 30.3 Å². The van der Waals surface area contributed by atoms with Gasteiger partial charge >= 0.3 is 0 Å². The van der Waals surface area contributed by atoms with Crippen LogP contribution in [0.1, 0.15) is 12.0 Å². The third kappa shape index (κ3) is 1.95. The zero-order valence-electron chi connectivity index (χ0n) is 8.55. The van der Waals surface area contributed by atoms with Gasteiger partial charge in [-0.1, -0.05) is 30.4 Å². The van der Waals surface area contributed by atoms with Crippen molar-refractivity contribution in [2.24, 2.45) is 0 Å². The van der Waals surface area contributed by atoms with Gasteiger partial charge in [-0.3, -0.25) is 4.79 Å². The Morgan fingerprint density at radius 1 is 1.38 bits per heavy atom. The minimum absolute atomic E-state index is 0.210. The molecule has 0 N–H and O–H groups in total. The molecule has 0 spiro atoms. The molecule has 4 nitrogen and oxygen atoms in total. The second-order valence-electron chi connectivity index (χ2n) is 3.52. The fraction of sp³-hybridized carbons (Fsp3) is 0.167. The molecule has 0 bridgehead atoms. The molecule has 2 rings (SSSR count). The molecule has 0 atom stereocenters. The number of benzene rings is 1. The topological polar surface area (TPSA) is 60.4 Å². The van der Waals surface area contributed by atoms with Crippen LogP contribution in [0.4, 0.5) is 5.69 Å². The molecule has 1 heterocycles. The first-order valence-corrected chi connectivity index (χ1v) is 4.94. The van der Waals surface area contributed by atoms with E-state index in [1.165, 1.54) is 4.90 Å². The van der Waals surface area contributed by atoms with Gasteiger partial charge in [0.15, 0.2) is 0 Å². The molecule has 0 unspecified atom stereocenters. The van der Waals surface area contributed by atoms with E-state index in [-0.39, 0.29) is 12.3 Å². The lowest BCUT2D eigenvalue weighted by Gasteiger charge is -2.23. The van der Waals surface area contributed by atoms with Crippen molar-refractivity contribution in [2.45, 2.75) is 6.42 Å². The molecule has 0 fully saturated rings. The van der Waals surface area contributed by atoms with Gasteiger partial charge in [-0.2, -0.15) is 0 Å². The molecule has 1 amide bonds. The summed E-state index contributed by atoms with van der Waals surface area (Å²) in [6.45, 7) is -0.405. The van der Waals surface area contributed by atoms with Crippen molar-refractivity contribution in [3.05, 3.63) is 35.9 Å². The summed E-state index contributed by atoms with van der Waals surface area (Å²) >= 11 is 0. The summed E-state index contributed by atoms with van der Waals surface area (Å²) in [6.07, 6.45) is 3.76. The van der Waals surface area contributed by atoms with Gasteiger partial charge in [-0.25, -0.2) is 0 Å². The van der Waals surface area contributed by atoms with E-state index >= 15 is 0 Å². The largest absolute Gasteiger partial charge is 0.548 e. The van der Waals surface area contributed by atoms with Crippen LogP contribution in [0.25, 0.3) is 6.08 Å². The zero-order valence-corrected chi connectivity index (χ0v) is 8.55. The summed E-state index contributed by atoms with van der Waals surface area (Å²) in [6, 6.07) is 7.18. The number of carbonyl (C=O) groups is 2. The van der Waals surface area contributed by atoms with Crippen molar-refractivity contribution in [3.8, 4) is 0 Å². The van der Waals surface area contributed by atoms with Crippen molar-refractivity contribution in [2.75, 3.05) is 11.4 Å². The smallest absolute Gasteiger partial charge is 0.231 e. The Bertz CT molecular complexity index is 465. The highest BCUT2D eigenvalue weighted by atomic mass is 16.4. The predicted octanol–water partition coefficient (Wildman–Crippen LogP) is 0.186. The fourth-order valence-corrected chi connectivity index (χ4v) is 1.71. The number of carbonyl (C=O) groups excluding carboxylic acids is 2. The maximum Gasteiger partial charge on any atom is 0.231 e. The lowest BCUT2D eigenvalue weighted by molar-refractivity contribution is -0.303. The van der Waals surface area contributed by atoms with E-state index in [1.807, 2.05) is 18.2 Å². The van der Waals surface area contributed by atoms with Crippen LogP contribution in [-0.4, -0.2) is 18.4 Å². The van der Waals surface area contributed by atoms with E-state index in [4.69, 9.17) is 0 Å². The molecule has 0 saturated carbocycles. The lowest BCUT2D eigenvalue weighted by Crippen LogP contribution is -2.41. The second kappa shape index (κ2) is 4.18. The monoisotopic (exact) mass is 216 g/mol. The van der Waals surface area contributed by atoms with Crippen molar-refractivity contribution in [3.63, 3.8) is 0 Å². The average Bonchev–Trinajstić information content (AvgIpc) is 2.40. The highest BCUT2D eigenvalue weighted by Gasteiger charge is 2.18. The molecule has 0 radical (unpaired) electrons. The summed E-state index contributed by atoms with van der Waals surface area (Å²) in [5.74, 6) is -1.49. The van der Waals surface area contributed by atoms with Gasteiger partial charge in [-0.05, 0) is 11.6 Å². The van der Waals surface area contributed by atoms with Gasteiger partial charge in [0, 0.05) is 6.42 Å². The third-order valence-corrected chi connectivity index (χ3v) is 2.41. The van der Waals surface area contributed by atoms with Crippen LogP contribution in [0.2, 0.25) is 0 Å². The van der Waals surface area contributed by atoms with Crippen molar-refractivity contribution in [1.82, 2.24) is 0 Å². The van der Waals surface area contributed by atoms with Crippen LogP contribution >= 0.6 is 0 Å². The van der Waals surface area contributed by atoms with E-state index in [0.29, 0.717) is 5.69 Å². The first-order chi connectivity index (χ1) is 7.68. The minimum Gasteiger partial charge on any atom is -0.548 e. The second-order valence-corrected chi connectivity index (χ2v) is 3.52. The molecular weight excluding hydrogens is 206 g/mol. The average molecular weight is 216 g/mol. The van der Waals surface area contributed by atoms with E-state index in [0.717, 1.165) is 5.56 Å². The van der Waals surface area contributed by atoms with E-state index in [1.54, 1.807) is 18.2 Å². The molecule has 82 valence electrons. The Balaban J connectivity index is 2.44. The number of carboxylic acids is 1. The minimum atomic E-state index is -1.26. The zero-order chi connectivity index (χ0) is 11.5. The Kier molecular flexibility index (Phi) is 2.72. The summed E-state index contributed by atoms with van der Waals surface area (Å²) in [4.78, 5) is 23.5. The van der Waals surface area contributed by atoms with Gasteiger partial charge in [-0.15, -0.1) is 0 Å². The van der Waals surface area contributed by atoms with Crippen LogP contribution < -0.4 is 10.0 Å². The SMILES string of the molecule is O=C([O-])CN1C(=O)CC=Cc2ccccc21. The molecule has 4 heteroatoms. The number of anilines is 1. The van der Waals surface area contributed by atoms with Crippen molar-refractivity contribution < 1.29 is 14.7 Å². The van der Waals surface area contributed by atoms with Crippen LogP contribution in [0, 0.1) is 0 Å². The Labute approximate surface area is 92.8 Å². The Morgan fingerprint density at radius 2 is 2.12 bits per heavy atom. The molecular formula is C12H10NO3-.